The van der Waals surface area contributed by atoms with Gasteiger partial charge in [0.2, 0.25) is 0 Å². The summed E-state index contributed by atoms with van der Waals surface area (Å²) in [5, 5.41) is 5.95. The van der Waals surface area contributed by atoms with Crippen molar-refractivity contribution in [2.75, 3.05) is 20.1 Å². The molecule has 120 valence electrons. The third-order valence-electron chi connectivity index (χ3n) is 4.77. The van der Waals surface area contributed by atoms with Crippen LogP contribution in [0.4, 0.5) is 0 Å². The molecule has 1 atom stereocenters. The SMILES string of the molecule is CC(C)C(NCCCN(C)C1CCCCC1)c1cccs1. The summed E-state index contributed by atoms with van der Waals surface area (Å²) in [6, 6.07) is 5.78. The molecule has 0 amide bonds. The third-order valence-corrected chi connectivity index (χ3v) is 5.72. The predicted octanol–water partition coefficient (Wildman–Crippen LogP) is 4.69. The summed E-state index contributed by atoms with van der Waals surface area (Å²) >= 11 is 1.87. The molecule has 0 bridgehead atoms. The van der Waals surface area contributed by atoms with Crippen LogP contribution < -0.4 is 5.32 Å². The first-order valence-electron chi connectivity index (χ1n) is 8.65. The minimum absolute atomic E-state index is 0.519. The highest BCUT2D eigenvalue weighted by Gasteiger charge is 2.18. The van der Waals surface area contributed by atoms with Crippen LogP contribution >= 0.6 is 11.3 Å². The minimum Gasteiger partial charge on any atom is -0.309 e. The molecule has 1 aliphatic rings. The zero-order valence-corrected chi connectivity index (χ0v) is 14.8. The van der Waals surface area contributed by atoms with E-state index in [1.54, 1.807) is 0 Å². The highest BCUT2D eigenvalue weighted by atomic mass is 32.1. The molecule has 0 aromatic carbocycles. The average molecular weight is 309 g/mol. The lowest BCUT2D eigenvalue weighted by Gasteiger charge is -2.31. The second kappa shape index (κ2) is 8.92. The Morgan fingerprint density at radius 1 is 1.29 bits per heavy atom. The van der Waals surface area contributed by atoms with Crippen LogP contribution in [0.1, 0.15) is 63.3 Å². The van der Waals surface area contributed by atoms with Crippen LogP contribution in [-0.4, -0.2) is 31.1 Å². The molecule has 1 heterocycles. The number of nitrogens with zero attached hydrogens (tertiary/aromatic N) is 1. The Balaban J connectivity index is 1.68. The quantitative estimate of drug-likeness (QED) is 0.701. The first-order chi connectivity index (χ1) is 10.2. The molecule has 1 unspecified atom stereocenters. The van der Waals surface area contributed by atoms with Gasteiger partial charge in [0.05, 0.1) is 0 Å². The van der Waals surface area contributed by atoms with Crippen LogP contribution in [0.2, 0.25) is 0 Å². The van der Waals surface area contributed by atoms with Crippen molar-refractivity contribution in [2.45, 2.75) is 64.5 Å². The van der Waals surface area contributed by atoms with Crippen molar-refractivity contribution in [1.82, 2.24) is 10.2 Å². The molecule has 2 rings (SSSR count). The Morgan fingerprint density at radius 2 is 2.05 bits per heavy atom. The molecular formula is C18H32N2S. The number of nitrogens with one attached hydrogen (secondary N) is 1. The largest absolute Gasteiger partial charge is 0.309 e. The Hall–Kier alpha value is -0.380. The molecule has 1 N–H and O–H groups in total. The molecule has 1 aromatic rings. The van der Waals surface area contributed by atoms with Crippen molar-refractivity contribution in [1.29, 1.82) is 0 Å². The Morgan fingerprint density at radius 3 is 2.67 bits per heavy atom. The fourth-order valence-corrected chi connectivity index (χ4v) is 4.40. The zero-order valence-electron chi connectivity index (χ0n) is 14.0. The smallest absolute Gasteiger partial charge is 0.0438 e. The van der Waals surface area contributed by atoms with Crippen molar-refractivity contribution in [3.63, 3.8) is 0 Å². The van der Waals surface area contributed by atoms with Crippen molar-refractivity contribution < 1.29 is 0 Å². The van der Waals surface area contributed by atoms with Crippen molar-refractivity contribution in [3.05, 3.63) is 22.4 Å². The van der Waals surface area contributed by atoms with Gasteiger partial charge in [0.25, 0.3) is 0 Å². The second-order valence-electron chi connectivity index (χ2n) is 6.82. The van der Waals surface area contributed by atoms with Crippen LogP contribution in [0.5, 0.6) is 0 Å². The summed E-state index contributed by atoms with van der Waals surface area (Å²) < 4.78 is 0. The summed E-state index contributed by atoms with van der Waals surface area (Å²) in [5.41, 5.74) is 0. The van der Waals surface area contributed by atoms with Gasteiger partial charge in [-0.3, -0.25) is 0 Å². The number of thiophene rings is 1. The summed E-state index contributed by atoms with van der Waals surface area (Å²) in [7, 11) is 2.31. The predicted molar refractivity (Wildman–Crippen MR) is 94.0 cm³/mol. The fourth-order valence-electron chi connectivity index (χ4n) is 3.42. The molecule has 0 spiro atoms. The van der Waals surface area contributed by atoms with E-state index in [4.69, 9.17) is 0 Å². The maximum Gasteiger partial charge on any atom is 0.0438 e. The van der Waals surface area contributed by atoms with Crippen LogP contribution in [0.3, 0.4) is 0 Å². The Labute approximate surface area is 134 Å². The maximum atomic E-state index is 3.76. The van der Waals surface area contributed by atoms with E-state index in [1.165, 1.54) is 49.9 Å². The maximum absolute atomic E-state index is 3.76. The van der Waals surface area contributed by atoms with E-state index >= 15 is 0 Å². The van der Waals surface area contributed by atoms with Crippen molar-refractivity contribution in [2.24, 2.45) is 5.92 Å². The topological polar surface area (TPSA) is 15.3 Å². The van der Waals surface area contributed by atoms with Gasteiger partial charge in [-0.1, -0.05) is 39.2 Å². The molecule has 21 heavy (non-hydrogen) atoms. The van der Waals surface area contributed by atoms with Crippen molar-refractivity contribution >= 4 is 11.3 Å². The highest BCUT2D eigenvalue weighted by Crippen LogP contribution is 2.25. The van der Waals surface area contributed by atoms with E-state index in [0.29, 0.717) is 12.0 Å². The van der Waals surface area contributed by atoms with E-state index in [-0.39, 0.29) is 0 Å². The standard InChI is InChI=1S/C18H32N2S/c1-15(2)18(17-11-7-14-21-17)19-12-8-13-20(3)16-9-5-4-6-10-16/h7,11,14-16,18-19H,4-6,8-10,12-13H2,1-3H3. The molecule has 1 aliphatic carbocycles. The lowest BCUT2D eigenvalue weighted by Crippen LogP contribution is -2.35. The summed E-state index contributed by atoms with van der Waals surface area (Å²) in [5.74, 6) is 0.653. The fraction of sp³-hybridized carbons (Fsp3) is 0.778. The zero-order chi connectivity index (χ0) is 15.1. The molecular weight excluding hydrogens is 276 g/mol. The molecule has 1 saturated carbocycles. The van der Waals surface area contributed by atoms with Gasteiger partial charge in [-0.05, 0) is 56.8 Å². The van der Waals surface area contributed by atoms with Crippen LogP contribution in [0.15, 0.2) is 17.5 Å². The Kier molecular flexibility index (Phi) is 7.21. The third kappa shape index (κ3) is 5.39. The van der Waals surface area contributed by atoms with Gasteiger partial charge in [-0.15, -0.1) is 11.3 Å². The minimum atomic E-state index is 0.519. The molecule has 0 saturated heterocycles. The van der Waals surface area contributed by atoms with Gasteiger partial charge in [-0.25, -0.2) is 0 Å². The second-order valence-corrected chi connectivity index (χ2v) is 7.80. The average Bonchev–Trinajstić information content (AvgIpc) is 3.01. The lowest BCUT2D eigenvalue weighted by molar-refractivity contribution is 0.188. The molecule has 1 aromatic heterocycles. The van der Waals surface area contributed by atoms with Gasteiger partial charge in [0, 0.05) is 17.0 Å². The first kappa shape index (κ1) is 17.0. The van der Waals surface area contributed by atoms with Crippen molar-refractivity contribution in [3.8, 4) is 0 Å². The molecule has 2 nitrogen and oxygen atoms in total. The van der Waals surface area contributed by atoms with Gasteiger partial charge in [0.15, 0.2) is 0 Å². The van der Waals surface area contributed by atoms with E-state index in [2.05, 4.69) is 48.6 Å². The summed E-state index contributed by atoms with van der Waals surface area (Å²) in [6.45, 7) is 6.97. The number of hydrogen-bond donors (Lipinski definition) is 1. The molecule has 3 heteroatoms. The van der Waals surface area contributed by atoms with E-state index in [9.17, 15) is 0 Å². The van der Waals surface area contributed by atoms with Gasteiger partial charge < -0.3 is 10.2 Å². The number of rotatable bonds is 8. The summed E-state index contributed by atoms with van der Waals surface area (Å²) in [4.78, 5) is 4.07. The number of hydrogen-bond acceptors (Lipinski definition) is 3. The Bertz CT molecular complexity index is 369. The van der Waals surface area contributed by atoms with E-state index in [0.717, 1.165) is 12.6 Å². The normalized spacial score (nSPS) is 18.5. The van der Waals surface area contributed by atoms with Gasteiger partial charge >= 0.3 is 0 Å². The van der Waals surface area contributed by atoms with Crippen LogP contribution in [-0.2, 0) is 0 Å². The molecule has 1 fully saturated rings. The monoisotopic (exact) mass is 308 g/mol. The van der Waals surface area contributed by atoms with Crippen LogP contribution in [0, 0.1) is 5.92 Å². The first-order valence-corrected chi connectivity index (χ1v) is 9.53. The lowest BCUT2D eigenvalue weighted by atomic mass is 9.94. The van der Waals surface area contributed by atoms with Gasteiger partial charge in [-0.2, -0.15) is 0 Å². The van der Waals surface area contributed by atoms with E-state index < -0.39 is 0 Å². The van der Waals surface area contributed by atoms with E-state index in [1.807, 2.05) is 11.3 Å². The summed E-state index contributed by atoms with van der Waals surface area (Å²) in [6.07, 6.45) is 8.38. The van der Waals surface area contributed by atoms with Gasteiger partial charge in [0.1, 0.15) is 0 Å². The van der Waals surface area contributed by atoms with Crippen LogP contribution in [0.25, 0.3) is 0 Å². The molecule has 0 radical (unpaired) electrons. The highest BCUT2D eigenvalue weighted by molar-refractivity contribution is 7.10. The molecule has 0 aliphatic heterocycles.